The molecule has 0 atom stereocenters. The van der Waals surface area contributed by atoms with Gasteiger partial charge in [-0.2, -0.15) is 5.10 Å². The number of hydrogen-bond acceptors (Lipinski definition) is 11. The van der Waals surface area contributed by atoms with Crippen LogP contribution in [-0.2, 0) is 20.9 Å². The van der Waals surface area contributed by atoms with Crippen LogP contribution in [0.1, 0.15) is 60.3 Å². The number of nitrogens with two attached hydrogens (primary N) is 1. The van der Waals surface area contributed by atoms with E-state index in [1.165, 1.54) is 0 Å². The molecule has 1 aromatic carbocycles. The minimum absolute atomic E-state index is 0.0437. The second kappa shape index (κ2) is 17.7. The molecule has 5 rings (SSSR count). The summed E-state index contributed by atoms with van der Waals surface area (Å²) >= 11 is 0. The number of hydrogen-bond donors (Lipinski definition) is 5. The Kier molecular flexibility index (Phi) is 12.9. The van der Waals surface area contributed by atoms with Crippen LogP contribution >= 0.6 is 0 Å². The average Bonchev–Trinajstić information content (AvgIpc) is 3.14. The quantitative estimate of drug-likeness (QED) is 0.0998. The van der Waals surface area contributed by atoms with Gasteiger partial charge in [0.2, 0.25) is 11.8 Å². The molecule has 0 saturated carbocycles. The number of anilines is 4. The number of nitrogen functional groups attached to an aromatic ring is 1. The predicted octanol–water partition coefficient (Wildman–Crippen LogP) is 3.69. The SMILES string of the molecule is C=CC(=O)Nc1c(C(=O)NCc2c(C)cc(C)nc2N)cc(-c2ccc(N3CCNCC3)nc2)cc1N(CCC(=O)NN=C(C)C)C1CCOCC1. The minimum atomic E-state index is -0.481. The number of rotatable bonds is 13. The molecule has 0 aliphatic carbocycles. The molecule has 3 aromatic rings. The van der Waals surface area contributed by atoms with Crippen LogP contribution < -0.4 is 36.9 Å². The molecule has 2 saturated heterocycles. The van der Waals surface area contributed by atoms with E-state index in [-0.39, 0.29) is 30.5 Å². The monoisotopic (exact) mass is 710 g/mol. The summed E-state index contributed by atoms with van der Waals surface area (Å²) in [7, 11) is 0. The summed E-state index contributed by atoms with van der Waals surface area (Å²) in [5, 5.41) is 13.4. The lowest BCUT2D eigenvalue weighted by Crippen LogP contribution is -2.43. The van der Waals surface area contributed by atoms with Gasteiger partial charge in [0.1, 0.15) is 11.6 Å². The van der Waals surface area contributed by atoms with E-state index >= 15 is 0 Å². The van der Waals surface area contributed by atoms with Crippen LogP contribution in [0, 0.1) is 13.8 Å². The lowest BCUT2D eigenvalue weighted by molar-refractivity contribution is -0.121. The van der Waals surface area contributed by atoms with Crippen molar-refractivity contribution in [1.29, 1.82) is 0 Å². The average molecular weight is 711 g/mol. The van der Waals surface area contributed by atoms with Gasteiger partial charge < -0.3 is 36.2 Å². The van der Waals surface area contributed by atoms with Crippen molar-refractivity contribution in [2.75, 3.05) is 66.8 Å². The maximum Gasteiger partial charge on any atom is 0.253 e. The Morgan fingerprint density at radius 1 is 1.12 bits per heavy atom. The molecule has 2 aliphatic heterocycles. The number of aromatic nitrogens is 2. The van der Waals surface area contributed by atoms with Crippen LogP contribution in [0.3, 0.4) is 0 Å². The molecule has 2 aromatic heterocycles. The van der Waals surface area contributed by atoms with Crippen molar-refractivity contribution >= 4 is 46.4 Å². The topological polar surface area (TPSA) is 179 Å². The van der Waals surface area contributed by atoms with Crippen LogP contribution in [0.15, 0.2) is 54.3 Å². The highest BCUT2D eigenvalue weighted by atomic mass is 16.5. The van der Waals surface area contributed by atoms with Crippen molar-refractivity contribution in [3.05, 3.63) is 71.6 Å². The van der Waals surface area contributed by atoms with Gasteiger partial charge in [0.15, 0.2) is 0 Å². The molecule has 6 N–H and O–H groups in total. The van der Waals surface area contributed by atoms with E-state index in [4.69, 9.17) is 15.5 Å². The number of benzene rings is 1. The number of nitrogens with one attached hydrogen (secondary N) is 4. The Morgan fingerprint density at radius 3 is 2.52 bits per heavy atom. The number of piperazine rings is 1. The summed E-state index contributed by atoms with van der Waals surface area (Å²) in [5.41, 5.74) is 14.6. The first-order valence-corrected chi connectivity index (χ1v) is 17.7. The molecule has 4 heterocycles. The predicted molar refractivity (Wildman–Crippen MR) is 206 cm³/mol. The standard InChI is InChI=1S/C38H50N10O4/c1-6-34(49)44-36-30(38(51)42-23-31-25(4)19-26(5)43-37(31)39)20-28(27-7-8-33(41-22-27)47-15-12-40-13-16-47)21-32(36)48(29-10-17-52-18-11-29)14-9-35(50)46-45-24(2)3/h6-8,19-22,29,40H,1,9-18,23H2,2-5H3,(H2,39,43)(H,42,51)(H,44,49)(H,46,50). The molecule has 0 spiro atoms. The second-order valence-corrected chi connectivity index (χ2v) is 13.3. The lowest BCUT2D eigenvalue weighted by atomic mass is 9.97. The zero-order chi connectivity index (χ0) is 37.2. The summed E-state index contributed by atoms with van der Waals surface area (Å²) in [6.45, 7) is 16.0. The third-order valence-corrected chi connectivity index (χ3v) is 9.18. The maximum atomic E-state index is 14.3. The van der Waals surface area contributed by atoms with E-state index in [2.05, 4.69) is 47.8 Å². The first kappa shape index (κ1) is 37.9. The summed E-state index contributed by atoms with van der Waals surface area (Å²) in [6, 6.07) is 9.56. The van der Waals surface area contributed by atoms with Crippen LogP contribution in [-0.4, -0.2) is 85.4 Å². The zero-order valence-corrected chi connectivity index (χ0v) is 30.6. The normalized spacial score (nSPS) is 14.7. The first-order valence-electron chi connectivity index (χ1n) is 17.7. The summed E-state index contributed by atoms with van der Waals surface area (Å²) in [4.78, 5) is 53.8. The van der Waals surface area contributed by atoms with Gasteiger partial charge in [-0.15, -0.1) is 0 Å². The molecule has 276 valence electrons. The van der Waals surface area contributed by atoms with Crippen molar-refractivity contribution in [2.24, 2.45) is 5.10 Å². The maximum absolute atomic E-state index is 14.3. The van der Waals surface area contributed by atoms with E-state index < -0.39 is 11.8 Å². The van der Waals surface area contributed by atoms with Gasteiger partial charge >= 0.3 is 0 Å². The van der Waals surface area contributed by atoms with E-state index in [0.29, 0.717) is 55.4 Å². The van der Waals surface area contributed by atoms with Crippen molar-refractivity contribution in [2.45, 2.75) is 59.5 Å². The summed E-state index contributed by atoms with van der Waals surface area (Å²) in [6.07, 6.45) is 4.47. The first-order chi connectivity index (χ1) is 25.0. The van der Waals surface area contributed by atoms with Crippen LogP contribution in [0.2, 0.25) is 0 Å². The van der Waals surface area contributed by atoms with Crippen LogP contribution in [0.5, 0.6) is 0 Å². The molecule has 2 aliphatic rings. The number of pyridine rings is 2. The largest absolute Gasteiger partial charge is 0.383 e. The molecule has 52 heavy (non-hydrogen) atoms. The smallest absolute Gasteiger partial charge is 0.253 e. The van der Waals surface area contributed by atoms with E-state index in [9.17, 15) is 14.4 Å². The van der Waals surface area contributed by atoms with Gasteiger partial charge in [0.05, 0.1) is 16.9 Å². The van der Waals surface area contributed by atoms with Crippen molar-refractivity contribution in [3.63, 3.8) is 0 Å². The van der Waals surface area contributed by atoms with Gasteiger partial charge in [0, 0.05) is 93.7 Å². The zero-order valence-electron chi connectivity index (χ0n) is 30.6. The molecule has 14 heteroatoms. The van der Waals surface area contributed by atoms with Gasteiger partial charge in [0.25, 0.3) is 5.91 Å². The number of aryl methyl sites for hydroxylation is 2. The summed E-state index contributed by atoms with van der Waals surface area (Å²) in [5.74, 6) is 0.0545. The summed E-state index contributed by atoms with van der Waals surface area (Å²) < 4.78 is 5.70. The molecular formula is C38H50N10O4. The third-order valence-electron chi connectivity index (χ3n) is 9.18. The second-order valence-electron chi connectivity index (χ2n) is 13.3. The Labute approximate surface area is 305 Å². The number of amides is 3. The Morgan fingerprint density at radius 2 is 1.87 bits per heavy atom. The highest BCUT2D eigenvalue weighted by Crippen LogP contribution is 2.38. The molecule has 14 nitrogen and oxygen atoms in total. The molecule has 0 radical (unpaired) electrons. The minimum Gasteiger partial charge on any atom is -0.383 e. The molecule has 0 bridgehead atoms. The molecular weight excluding hydrogens is 660 g/mol. The Bertz CT molecular complexity index is 1770. The highest BCUT2D eigenvalue weighted by molar-refractivity contribution is 6.10. The van der Waals surface area contributed by atoms with Gasteiger partial charge in [-0.25, -0.2) is 15.4 Å². The van der Waals surface area contributed by atoms with Crippen LogP contribution in [0.4, 0.5) is 23.0 Å². The number of nitrogens with zero attached hydrogens (tertiary/aromatic N) is 5. The van der Waals surface area contributed by atoms with Crippen molar-refractivity contribution < 1.29 is 19.1 Å². The fraction of sp³-hybridized carbons (Fsp3) is 0.421. The fourth-order valence-corrected chi connectivity index (χ4v) is 6.48. The van der Waals surface area contributed by atoms with Crippen molar-refractivity contribution in [1.82, 2.24) is 26.0 Å². The van der Waals surface area contributed by atoms with Crippen LogP contribution in [0.25, 0.3) is 11.1 Å². The van der Waals surface area contributed by atoms with Gasteiger partial charge in [-0.05, 0) is 88.1 Å². The molecule has 3 amide bonds. The van der Waals surface area contributed by atoms with E-state index in [0.717, 1.165) is 66.2 Å². The Balaban J connectivity index is 1.62. The molecule has 2 fully saturated rings. The van der Waals surface area contributed by atoms with Gasteiger partial charge in [-0.3, -0.25) is 14.4 Å². The number of carbonyl (C=O) groups excluding carboxylic acids is 3. The fourth-order valence-electron chi connectivity index (χ4n) is 6.48. The number of hydrazone groups is 1. The number of carbonyl (C=O) groups is 3. The molecule has 0 unspecified atom stereocenters. The highest BCUT2D eigenvalue weighted by Gasteiger charge is 2.29. The van der Waals surface area contributed by atoms with Crippen molar-refractivity contribution in [3.8, 4) is 11.1 Å². The number of ether oxygens (including phenoxy) is 1. The van der Waals surface area contributed by atoms with E-state index in [1.54, 1.807) is 26.1 Å². The van der Waals surface area contributed by atoms with Gasteiger partial charge in [-0.1, -0.05) is 6.58 Å². The lowest BCUT2D eigenvalue weighted by Gasteiger charge is -2.38. The third kappa shape index (κ3) is 9.70. The Hall–Kier alpha value is -5.34. The van der Waals surface area contributed by atoms with E-state index in [1.807, 2.05) is 38.1 Å².